The molecule has 146 valence electrons. The van der Waals surface area contributed by atoms with E-state index >= 15 is 0 Å². The Bertz CT molecular complexity index is 1150. The third kappa shape index (κ3) is 3.61. The van der Waals surface area contributed by atoms with Crippen molar-refractivity contribution in [2.75, 3.05) is 6.54 Å². The maximum Gasteiger partial charge on any atom is 0.266 e. The summed E-state index contributed by atoms with van der Waals surface area (Å²) in [6.07, 6.45) is 0. The van der Waals surface area contributed by atoms with E-state index in [1.165, 1.54) is 4.31 Å². The molecule has 4 rings (SSSR count). The molecule has 1 unspecified atom stereocenters. The Morgan fingerprint density at radius 1 is 0.931 bits per heavy atom. The summed E-state index contributed by atoms with van der Waals surface area (Å²) >= 11 is 0. The van der Waals surface area contributed by atoms with Gasteiger partial charge in [0.1, 0.15) is 5.84 Å². The van der Waals surface area contributed by atoms with Crippen LogP contribution in [0.15, 0.2) is 101 Å². The van der Waals surface area contributed by atoms with Crippen LogP contribution in [0.3, 0.4) is 0 Å². The topological polar surface area (TPSA) is 49.7 Å². The number of hydrogen-bond donors (Lipinski definition) is 0. The first-order valence-electron chi connectivity index (χ1n) is 9.43. The largest absolute Gasteiger partial charge is 0.266 e. The number of sulfonamides is 1. The highest BCUT2D eigenvalue weighted by Crippen LogP contribution is 2.32. The quantitative estimate of drug-likeness (QED) is 0.630. The number of aliphatic imine (C=N–C) groups is 1. The number of benzene rings is 3. The minimum absolute atomic E-state index is 0.250. The first-order chi connectivity index (χ1) is 14.0. The summed E-state index contributed by atoms with van der Waals surface area (Å²) in [4.78, 5) is 4.88. The van der Waals surface area contributed by atoms with Gasteiger partial charge in [0.05, 0.1) is 17.5 Å². The second-order valence-corrected chi connectivity index (χ2v) is 8.87. The Morgan fingerprint density at radius 2 is 1.52 bits per heavy atom. The van der Waals surface area contributed by atoms with Crippen LogP contribution in [0.4, 0.5) is 0 Å². The van der Waals surface area contributed by atoms with Gasteiger partial charge in [0.2, 0.25) is 0 Å². The normalized spacial score (nSPS) is 16.5. The number of aryl methyl sites for hydroxylation is 1. The van der Waals surface area contributed by atoms with Gasteiger partial charge in [0.15, 0.2) is 0 Å². The molecule has 29 heavy (non-hydrogen) atoms. The highest BCUT2D eigenvalue weighted by molar-refractivity contribution is 7.89. The summed E-state index contributed by atoms with van der Waals surface area (Å²) in [5.74, 6) is 0.452. The highest BCUT2D eigenvalue weighted by atomic mass is 32.2. The van der Waals surface area contributed by atoms with E-state index in [-0.39, 0.29) is 4.90 Å². The average molecular weight is 403 g/mol. The molecule has 5 heteroatoms. The Hall–Kier alpha value is -3.18. The molecule has 3 aromatic rings. The average Bonchev–Trinajstić information content (AvgIpc) is 3.21. The predicted molar refractivity (Wildman–Crippen MR) is 117 cm³/mol. The molecule has 0 saturated carbocycles. The standard InChI is InChI=1S/C24H22N2O2S/c1-18-13-15-22(16-14-18)29(27,28)26-23(19(2)20-9-5-3-6-10-20)17-25-24(26)21-11-7-4-8-12-21/h3-16,23H,2,17H2,1H3. The van der Waals surface area contributed by atoms with Crippen molar-refractivity contribution in [3.05, 3.63) is 108 Å². The minimum Gasteiger partial charge on any atom is -0.265 e. The van der Waals surface area contributed by atoms with Gasteiger partial charge < -0.3 is 0 Å². The van der Waals surface area contributed by atoms with Crippen molar-refractivity contribution in [1.29, 1.82) is 0 Å². The Morgan fingerprint density at radius 3 is 2.14 bits per heavy atom. The van der Waals surface area contributed by atoms with Gasteiger partial charge in [0, 0.05) is 5.56 Å². The molecule has 4 nitrogen and oxygen atoms in total. The zero-order valence-electron chi connectivity index (χ0n) is 16.2. The molecule has 1 heterocycles. The van der Waals surface area contributed by atoms with Crippen molar-refractivity contribution in [1.82, 2.24) is 4.31 Å². The van der Waals surface area contributed by atoms with E-state index in [9.17, 15) is 8.42 Å². The van der Waals surface area contributed by atoms with Crippen molar-refractivity contribution >= 4 is 21.4 Å². The minimum atomic E-state index is -3.81. The van der Waals surface area contributed by atoms with E-state index in [2.05, 4.69) is 11.6 Å². The maximum absolute atomic E-state index is 13.7. The van der Waals surface area contributed by atoms with E-state index in [0.29, 0.717) is 12.4 Å². The van der Waals surface area contributed by atoms with Crippen LogP contribution in [0.25, 0.3) is 5.57 Å². The predicted octanol–water partition coefficient (Wildman–Crippen LogP) is 4.53. The lowest BCUT2D eigenvalue weighted by Gasteiger charge is -2.29. The van der Waals surface area contributed by atoms with E-state index in [0.717, 1.165) is 22.3 Å². The molecule has 0 saturated heterocycles. The molecule has 1 aliphatic rings. The molecule has 0 bridgehead atoms. The molecule has 0 aromatic heterocycles. The summed E-state index contributed by atoms with van der Waals surface area (Å²) in [5, 5.41) is 0. The lowest BCUT2D eigenvalue weighted by Crippen LogP contribution is -2.42. The zero-order valence-corrected chi connectivity index (χ0v) is 17.0. The zero-order chi connectivity index (χ0) is 20.4. The van der Waals surface area contributed by atoms with Crippen molar-refractivity contribution in [2.45, 2.75) is 17.9 Å². The lowest BCUT2D eigenvalue weighted by molar-refractivity contribution is 0.509. The Kier molecular flexibility index (Phi) is 5.07. The van der Waals surface area contributed by atoms with Crippen LogP contribution in [0.5, 0.6) is 0 Å². The molecule has 1 aliphatic heterocycles. The van der Waals surface area contributed by atoms with Gasteiger partial charge in [0.25, 0.3) is 10.0 Å². The number of nitrogens with zero attached hydrogens (tertiary/aromatic N) is 2. The number of amidine groups is 1. The molecule has 0 spiro atoms. The molecule has 1 atom stereocenters. The van der Waals surface area contributed by atoms with E-state index in [1.807, 2.05) is 79.7 Å². The summed E-state index contributed by atoms with van der Waals surface area (Å²) in [6.45, 7) is 6.50. The molecular formula is C24H22N2O2S. The fourth-order valence-corrected chi connectivity index (χ4v) is 5.10. The fraction of sp³-hybridized carbons (Fsp3) is 0.125. The van der Waals surface area contributed by atoms with Gasteiger partial charge in [-0.15, -0.1) is 0 Å². The van der Waals surface area contributed by atoms with Gasteiger partial charge in [-0.3, -0.25) is 4.99 Å². The van der Waals surface area contributed by atoms with Crippen LogP contribution in [0, 0.1) is 6.92 Å². The first-order valence-corrected chi connectivity index (χ1v) is 10.9. The molecule has 0 amide bonds. The van der Waals surface area contributed by atoms with Gasteiger partial charge >= 0.3 is 0 Å². The van der Waals surface area contributed by atoms with Gasteiger partial charge in [-0.1, -0.05) is 84.9 Å². The number of hydrogen-bond acceptors (Lipinski definition) is 3. The summed E-state index contributed by atoms with van der Waals surface area (Å²) in [6, 6.07) is 25.5. The third-order valence-corrected chi connectivity index (χ3v) is 6.88. The summed E-state index contributed by atoms with van der Waals surface area (Å²) < 4.78 is 28.8. The maximum atomic E-state index is 13.7. The lowest BCUT2D eigenvalue weighted by atomic mass is 10.0. The highest BCUT2D eigenvalue weighted by Gasteiger charge is 2.40. The van der Waals surface area contributed by atoms with Crippen LogP contribution in [-0.4, -0.2) is 31.1 Å². The second-order valence-electron chi connectivity index (χ2n) is 7.05. The van der Waals surface area contributed by atoms with Crippen LogP contribution in [-0.2, 0) is 10.0 Å². The third-order valence-electron chi connectivity index (χ3n) is 5.06. The second kappa shape index (κ2) is 7.68. The molecule has 0 aliphatic carbocycles. The number of rotatable bonds is 5. The van der Waals surface area contributed by atoms with Gasteiger partial charge in [-0.25, -0.2) is 12.7 Å². The van der Waals surface area contributed by atoms with Crippen LogP contribution in [0.1, 0.15) is 16.7 Å². The molecule has 0 radical (unpaired) electrons. The van der Waals surface area contributed by atoms with Gasteiger partial charge in [-0.05, 0) is 30.2 Å². The SMILES string of the molecule is C=C(c1ccccc1)C1CN=C(c2ccccc2)N1S(=O)(=O)c1ccc(C)cc1. The van der Waals surface area contributed by atoms with Gasteiger partial charge in [-0.2, -0.15) is 0 Å². The van der Waals surface area contributed by atoms with Crippen molar-refractivity contribution < 1.29 is 8.42 Å². The monoisotopic (exact) mass is 402 g/mol. The molecular weight excluding hydrogens is 380 g/mol. The summed E-state index contributed by atoms with van der Waals surface area (Å²) in [5.41, 5.74) is 3.42. The van der Waals surface area contributed by atoms with Crippen LogP contribution in [0.2, 0.25) is 0 Å². The van der Waals surface area contributed by atoms with E-state index < -0.39 is 16.1 Å². The fourth-order valence-electron chi connectivity index (χ4n) is 3.47. The Balaban J connectivity index is 1.81. The first kappa shape index (κ1) is 19.2. The molecule has 3 aromatic carbocycles. The smallest absolute Gasteiger partial charge is 0.265 e. The molecule has 0 N–H and O–H groups in total. The summed E-state index contributed by atoms with van der Waals surface area (Å²) in [7, 11) is -3.81. The van der Waals surface area contributed by atoms with Crippen molar-refractivity contribution in [2.24, 2.45) is 4.99 Å². The molecule has 0 fully saturated rings. The van der Waals surface area contributed by atoms with E-state index in [4.69, 9.17) is 0 Å². The van der Waals surface area contributed by atoms with Crippen LogP contribution < -0.4 is 0 Å². The Labute approximate surface area is 171 Å². The van der Waals surface area contributed by atoms with E-state index in [1.54, 1.807) is 12.1 Å². The van der Waals surface area contributed by atoms with Crippen molar-refractivity contribution in [3.63, 3.8) is 0 Å². The van der Waals surface area contributed by atoms with Crippen LogP contribution >= 0.6 is 0 Å². The van der Waals surface area contributed by atoms with Crippen molar-refractivity contribution in [3.8, 4) is 0 Å².